The topological polar surface area (TPSA) is 53.6 Å². The van der Waals surface area contributed by atoms with Crippen molar-refractivity contribution in [2.45, 2.75) is 25.8 Å². The molecule has 0 fully saturated rings. The Hall–Kier alpha value is -3.09. The van der Waals surface area contributed by atoms with E-state index in [9.17, 15) is 13.6 Å². The van der Waals surface area contributed by atoms with Crippen LogP contribution in [0.5, 0.6) is 0 Å². The Labute approximate surface area is 162 Å². The fourth-order valence-corrected chi connectivity index (χ4v) is 3.92. The molecule has 0 spiro atoms. The number of ether oxygens (including phenoxy) is 1. The molecule has 146 valence electrons. The summed E-state index contributed by atoms with van der Waals surface area (Å²) in [6.07, 6.45) is 1.28. The van der Waals surface area contributed by atoms with E-state index in [1.54, 1.807) is 6.07 Å². The fraction of sp³-hybridized carbons (Fsp3) is 0.286. The van der Waals surface area contributed by atoms with Gasteiger partial charge in [-0.1, -0.05) is 25.5 Å². The van der Waals surface area contributed by atoms with E-state index in [4.69, 9.17) is 4.74 Å². The molecule has 1 unspecified atom stereocenters. The van der Waals surface area contributed by atoms with Gasteiger partial charge in [0.2, 0.25) is 0 Å². The number of hydrogen-bond donors (Lipinski definition) is 2. The molecular formula is C21H21F2N3O2. The lowest BCUT2D eigenvalue weighted by molar-refractivity contribution is -0.117. The zero-order valence-electron chi connectivity index (χ0n) is 15.7. The molecule has 4 rings (SSSR count). The number of nitrogens with one attached hydrogen (secondary N) is 2. The minimum absolute atomic E-state index is 0.121. The average Bonchev–Trinajstić information content (AvgIpc) is 3.26. The Balaban J connectivity index is 1.88. The standard InChI is InChI=1S/C21H21F2N3O2/c1-3-5-14-19(13-6-4-7-15(22)18(13)23)26(21(27)20(14)28-2)12-8-9-16-17(10-12)25-11-24-16/h4,6-10,19,24-25H,3,5,11H2,1-2H3. The van der Waals surface area contributed by atoms with Crippen LogP contribution in [0.25, 0.3) is 0 Å². The fourth-order valence-electron chi connectivity index (χ4n) is 3.92. The number of carbonyl (C=O) groups excluding carboxylic acids is 1. The lowest BCUT2D eigenvalue weighted by atomic mass is 9.95. The first-order valence-electron chi connectivity index (χ1n) is 9.23. The molecule has 2 aromatic rings. The second-order valence-electron chi connectivity index (χ2n) is 6.79. The molecule has 0 saturated heterocycles. The SMILES string of the molecule is CCCC1=C(OC)C(=O)N(c2ccc3c(c2)NCN3)C1c1cccc(F)c1F. The molecule has 0 saturated carbocycles. The number of anilines is 3. The highest BCUT2D eigenvalue weighted by atomic mass is 19.2. The molecule has 2 heterocycles. The Kier molecular flexibility index (Phi) is 4.66. The van der Waals surface area contributed by atoms with Crippen LogP contribution in [0.4, 0.5) is 25.8 Å². The van der Waals surface area contributed by atoms with Crippen LogP contribution in [-0.2, 0) is 9.53 Å². The number of fused-ring (bicyclic) bond motifs is 1. The first kappa shape index (κ1) is 18.3. The third-order valence-electron chi connectivity index (χ3n) is 5.13. The number of carbonyl (C=O) groups is 1. The van der Waals surface area contributed by atoms with Gasteiger partial charge in [-0.05, 0) is 30.7 Å². The number of benzene rings is 2. The quantitative estimate of drug-likeness (QED) is 0.793. The van der Waals surface area contributed by atoms with Crippen molar-refractivity contribution in [3.8, 4) is 0 Å². The Morgan fingerprint density at radius 1 is 1.18 bits per heavy atom. The van der Waals surface area contributed by atoms with Crippen molar-refractivity contribution >= 4 is 23.0 Å². The predicted molar refractivity (Wildman–Crippen MR) is 104 cm³/mol. The number of nitrogens with zero attached hydrogens (tertiary/aromatic N) is 1. The Bertz CT molecular complexity index is 974. The van der Waals surface area contributed by atoms with Gasteiger partial charge in [0.05, 0.1) is 31.2 Å². The number of rotatable bonds is 5. The second-order valence-corrected chi connectivity index (χ2v) is 6.79. The van der Waals surface area contributed by atoms with Gasteiger partial charge in [0, 0.05) is 16.8 Å². The third kappa shape index (κ3) is 2.78. The van der Waals surface area contributed by atoms with E-state index in [2.05, 4.69) is 10.6 Å². The lowest BCUT2D eigenvalue weighted by Crippen LogP contribution is -2.31. The molecule has 0 bridgehead atoms. The molecule has 0 aliphatic carbocycles. The summed E-state index contributed by atoms with van der Waals surface area (Å²) >= 11 is 0. The van der Waals surface area contributed by atoms with E-state index in [0.717, 1.165) is 23.9 Å². The lowest BCUT2D eigenvalue weighted by Gasteiger charge is -2.28. The summed E-state index contributed by atoms with van der Waals surface area (Å²) in [5.74, 6) is -2.05. The number of amides is 1. The summed E-state index contributed by atoms with van der Waals surface area (Å²) < 4.78 is 34.1. The molecule has 7 heteroatoms. The third-order valence-corrected chi connectivity index (χ3v) is 5.13. The molecule has 0 radical (unpaired) electrons. The second kappa shape index (κ2) is 7.14. The summed E-state index contributed by atoms with van der Waals surface area (Å²) in [6, 6.07) is 8.78. The molecular weight excluding hydrogens is 364 g/mol. The van der Waals surface area contributed by atoms with Gasteiger partial charge < -0.3 is 15.4 Å². The zero-order chi connectivity index (χ0) is 19.8. The number of halogens is 2. The van der Waals surface area contributed by atoms with Crippen molar-refractivity contribution in [2.24, 2.45) is 0 Å². The Morgan fingerprint density at radius 2 is 1.96 bits per heavy atom. The summed E-state index contributed by atoms with van der Waals surface area (Å²) in [5.41, 5.74) is 3.15. The van der Waals surface area contributed by atoms with E-state index in [1.807, 2.05) is 19.1 Å². The maximum absolute atomic E-state index is 14.7. The van der Waals surface area contributed by atoms with Crippen LogP contribution in [0.15, 0.2) is 47.7 Å². The first-order valence-corrected chi connectivity index (χ1v) is 9.23. The normalized spacial score (nSPS) is 18.2. The summed E-state index contributed by atoms with van der Waals surface area (Å²) in [5, 5.41) is 6.37. The van der Waals surface area contributed by atoms with Gasteiger partial charge >= 0.3 is 0 Å². The van der Waals surface area contributed by atoms with E-state index < -0.39 is 17.7 Å². The number of methoxy groups -OCH3 is 1. The maximum atomic E-state index is 14.7. The monoisotopic (exact) mass is 385 g/mol. The van der Waals surface area contributed by atoms with E-state index in [0.29, 0.717) is 24.4 Å². The molecule has 28 heavy (non-hydrogen) atoms. The number of hydrogen-bond acceptors (Lipinski definition) is 4. The Morgan fingerprint density at radius 3 is 2.71 bits per heavy atom. The van der Waals surface area contributed by atoms with Crippen LogP contribution in [0.1, 0.15) is 31.4 Å². The van der Waals surface area contributed by atoms with Gasteiger partial charge in [0.15, 0.2) is 17.4 Å². The minimum atomic E-state index is -0.947. The first-order chi connectivity index (χ1) is 13.6. The highest BCUT2D eigenvalue weighted by Crippen LogP contribution is 2.45. The van der Waals surface area contributed by atoms with Gasteiger partial charge in [-0.15, -0.1) is 0 Å². The zero-order valence-corrected chi connectivity index (χ0v) is 15.7. The van der Waals surface area contributed by atoms with Crippen LogP contribution in [0.3, 0.4) is 0 Å². The molecule has 5 nitrogen and oxygen atoms in total. The van der Waals surface area contributed by atoms with Crippen LogP contribution in [0, 0.1) is 11.6 Å². The molecule has 2 aliphatic rings. The smallest absolute Gasteiger partial charge is 0.294 e. The van der Waals surface area contributed by atoms with Crippen molar-refractivity contribution in [2.75, 3.05) is 29.3 Å². The van der Waals surface area contributed by atoms with Crippen molar-refractivity contribution in [3.05, 3.63) is 64.9 Å². The minimum Gasteiger partial charge on any atom is -0.491 e. The summed E-state index contributed by atoms with van der Waals surface area (Å²) in [4.78, 5) is 14.7. The van der Waals surface area contributed by atoms with Crippen LogP contribution in [0.2, 0.25) is 0 Å². The van der Waals surface area contributed by atoms with Crippen LogP contribution < -0.4 is 15.5 Å². The molecule has 2 aromatic carbocycles. The van der Waals surface area contributed by atoms with Crippen LogP contribution >= 0.6 is 0 Å². The summed E-state index contributed by atoms with van der Waals surface area (Å²) in [7, 11) is 1.43. The van der Waals surface area contributed by atoms with E-state index in [-0.39, 0.29) is 17.2 Å². The van der Waals surface area contributed by atoms with E-state index in [1.165, 1.54) is 24.1 Å². The maximum Gasteiger partial charge on any atom is 0.294 e. The van der Waals surface area contributed by atoms with Gasteiger partial charge in [-0.3, -0.25) is 9.69 Å². The van der Waals surface area contributed by atoms with Gasteiger partial charge in [0.1, 0.15) is 0 Å². The van der Waals surface area contributed by atoms with E-state index >= 15 is 0 Å². The van der Waals surface area contributed by atoms with Gasteiger partial charge in [-0.25, -0.2) is 8.78 Å². The summed E-state index contributed by atoms with van der Waals surface area (Å²) in [6.45, 7) is 2.56. The van der Waals surface area contributed by atoms with Gasteiger partial charge in [0.25, 0.3) is 5.91 Å². The average molecular weight is 385 g/mol. The molecule has 0 aromatic heterocycles. The molecule has 2 N–H and O–H groups in total. The molecule has 1 atom stereocenters. The van der Waals surface area contributed by atoms with Crippen molar-refractivity contribution in [3.63, 3.8) is 0 Å². The molecule has 2 aliphatic heterocycles. The van der Waals surface area contributed by atoms with Crippen molar-refractivity contribution < 1.29 is 18.3 Å². The predicted octanol–water partition coefficient (Wildman–Crippen LogP) is 4.55. The van der Waals surface area contributed by atoms with Crippen LogP contribution in [-0.4, -0.2) is 19.7 Å². The molecule has 1 amide bonds. The largest absolute Gasteiger partial charge is 0.491 e. The highest BCUT2D eigenvalue weighted by Gasteiger charge is 2.43. The highest BCUT2D eigenvalue weighted by molar-refractivity contribution is 6.09. The van der Waals surface area contributed by atoms with Crippen molar-refractivity contribution in [1.29, 1.82) is 0 Å². The van der Waals surface area contributed by atoms with Crippen molar-refractivity contribution in [1.82, 2.24) is 0 Å². The van der Waals surface area contributed by atoms with Gasteiger partial charge in [-0.2, -0.15) is 0 Å².